The summed E-state index contributed by atoms with van der Waals surface area (Å²) < 4.78 is 0. The van der Waals surface area contributed by atoms with Crippen molar-refractivity contribution in [2.45, 2.75) is 32.4 Å². The minimum absolute atomic E-state index is 0. The summed E-state index contributed by atoms with van der Waals surface area (Å²) >= 11 is 2.08. The fourth-order valence-corrected chi connectivity index (χ4v) is 3.22. The molecule has 19 heavy (non-hydrogen) atoms. The van der Waals surface area contributed by atoms with Crippen LogP contribution < -0.4 is 5.32 Å². The lowest BCUT2D eigenvalue weighted by molar-refractivity contribution is 0.381. The molecule has 1 unspecified atom stereocenters. The number of rotatable bonds is 4. The number of hydrogen-bond donors (Lipinski definition) is 1. The summed E-state index contributed by atoms with van der Waals surface area (Å²) in [4.78, 5) is 6.98. The van der Waals surface area contributed by atoms with E-state index in [0.29, 0.717) is 17.6 Å². The maximum atomic E-state index is 5.27. The van der Waals surface area contributed by atoms with E-state index in [1.54, 1.807) is 0 Å². The van der Waals surface area contributed by atoms with Gasteiger partial charge >= 0.3 is 0 Å². The van der Waals surface area contributed by atoms with Crippen molar-refractivity contribution >= 4 is 41.7 Å². The Kier molecular flexibility index (Phi) is 10.6. The van der Waals surface area contributed by atoms with Crippen LogP contribution in [0.15, 0.2) is 4.99 Å². The minimum atomic E-state index is 0. The second-order valence-electron chi connectivity index (χ2n) is 4.79. The Morgan fingerprint density at radius 2 is 2.32 bits per heavy atom. The number of aliphatic imine (C=N–C) groups is 1. The van der Waals surface area contributed by atoms with E-state index in [0.717, 1.165) is 32.1 Å². The maximum Gasteiger partial charge on any atom is 0.194 e. The molecular formula is C14H26IN3S. The highest BCUT2D eigenvalue weighted by molar-refractivity contribution is 14.0. The van der Waals surface area contributed by atoms with Crippen LogP contribution in [0.1, 0.15) is 27.2 Å². The molecule has 1 atom stereocenters. The molecule has 0 radical (unpaired) electrons. The summed E-state index contributed by atoms with van der Waals surface area (Å²) in [7, 11) is 0. The van der Waals surface area contributed by atoms with Crippen molar-refractivity contribution < 1.29 is 0 Å². The van der Waals surface area contributed by atoms with Gasteiger partial charge in [0.1, 0.15) is 0 Å². The van der Waals surface area contributed by atoms with Gasteiger partial charge in [-0.1, -0.05) is 13.8 Å². The average Bonchev–Trinajstić information content (AvgIpc) is 2.38. The molecule has 110 valence electrons. The molecule has 0 spiro atoms. The maximum absolute atomic E-state index is 5.27. The summed E-state index contributed by atoms with van der Waals surface area (Å²) in [6.45, 7) is 10.5. The quantitative estimate of drug-likeness (QED) is 0.261. The van der Waals surface area contributed by atoms with Gasteiger partial charge in [-0.05, 0) is 12.8 Å². The number of nitrogens with one attached hydrogen (secondary N) is 1. The fraction of sp³-hybridized carbons (Fsp3) is 0.786. The summed E-state index contributed by atoms with van der Waals surface area (Å²) in [6, 6.07) is 0. The van der Waals surface area contributed by atoms with Crippen molar-refractivity contribution in [1.82, 2.24) is 10.2 Å². The van der Waals surface area contributed by atoms with Crippen molar-refractivity contribution in [2.24, 2.45) is 10.9 Å². The van der Waals surface area contributed by atoms with Gasteiger partial charge in [0.2, 0.25) is 0 Å². The molecule has 5 heteroatoms. The van der Waals surface area contributed by atoms with Gasteiger partial charge in [-0.25, -0.2) is 0 Å². The topological polar surface area (TPSA) is 27.6 Å². The lowest BCUT2D eigenvalue weighted by atomic mass is 10.1. The normalized spacial score (nSPS) is 19.8. The predicted octanol–water partition coefficient (Wildman–Crippen LogP) is 2.67. The van der Waals surface area contributed by atoms with Gasteiger partial charge in [0.05, 0.1) is 6.54 Å². The molecule has 0 amide bonds. The molecule has 1 aliphatic heterocycles. The molecule has 3 nitrogen and oxygen atoms in total. The van der Waals surface area contributed by atoms with E-state index < -0.39 is 0 Å². The second-order valence-corrected chi connectivity index (χ2v) is 6.14. The molecule has 0 saturated carbocycles. The van der Waals surface area contributed by atoms with Crippen LogP contribution in [0.5, 0.6) is 0 Å². The van der Waals surface area contributed by atoms with Gasteiger partial charge in [-0.15, -0.1) is 36.3 Å². The Hall–Kier alpha value is -0.0900. The lowest BCUT2D eigenvalue weighted by Gasteiger charge is -2.36. The molecule has 0 aliphatic carbocycles. The van der Waals surface area contributed by atoms with Crippen LogP contribution in [0.4, 0.5) is 0 Å². The largest absolute Gasteiger partial charge is 0.357 e. The van der Waals surface area contributed by atoms with Crippen LogP contribution >= 0.6 is 35.7 Å². The molecule has 0 aromatic carbocycles. The summed E-state index contributed by atoms with van der Waals surface area (Å²) in [6.07, 6.45) is 5.99. The Morgan fingerprint density at radius 3 is 2.89 bits per heavy atom. The van der Waals surface area contributed by atoms with E-state index in [4.69, 9.17) is 6.42 Å². The Labute approximate surface area is 139 Å². The molecular weight excluding hydrogens is 369 g/mol. The molecule has 1 heterocycles. The molecule has 1 rings (SSSR count). The van der Waals surface area contributed by atoms with Gasteiger partial charge < -0.3 is 10.2 Å². The smallest absolute Gasteiger partial charge is 0.194 e. The fourth-order valence-electron chi connectivity index (χ4n) is 1.92. The van der Waals surface area contributed by atoms with Gasteiger partial charge in [-0.2, -0.15) is 11.8 Å². The first-order valence-electron chi connectivity index (χ1n) is 6.77. The molecule has 1 fully saturated rings. The number of nitrogens with zero attached hydrogens (tertiary/aromatic N) is 2. The monoisotopic (exact) mass is 395 g/mol. The van der Waals surface area contributed by atoms with E-state index in [-0.39, 0.29) is 24.0 Å². The SMILES string of the molecule is C#CCCN=C(NCC)N1CCSC(C(C)C)C1.I. The first-order valence-corrected chi connectivity index (χ1v) is 7.82. The highest BCUT2D eigenvalue weighted by Crippen LogP contribution is 2.24. The highest BCUT2D eigenvalue weighted by Gasteiger charge is 2.24. The van der Waals surface area contributed by atoms with Crippen LogP contribution in [-0.2, 0) is 0 Å². The van der Waals surface area contributed by atoms with E-state index in [1.165, 1.54) is 5.75 Å². The van der Waals surface area contributed by atoms with Gasteiger partial charge in [-0.3, -0.25) is 4.99 Å². The summed E-state index contributed by atoms with van der Waals surface area (Å²) in [5.41, 5.74) is 0. The number of hydrogen-bond acceptors (Lipinski definition) is 2. The molecule has 1 N–H and O–H groups in total. The van der Waals surface area contributed by atoms with Crippen LogP contribution in [0, 0.1) is 18.3 Å². The third-order valence-corrected chi connectivity index (χ3v) is 4.53. The number of halogens is 1. The lowest BCUT2D eigenvalue weighted by Crippen LogP contribution is -2.49. The number of thioether (sulfide) groups is 1. The number of guanidine groups is 1. The molecule has 1 aliphatic rings. The molecule has 0 aromatic heterocycles. The number of terminal acetylenes is 1. The zero-order valence-electron chi connectivity index (χ0n) is 12.2. The van der Waals surface area contributed by atoms with Gasteiger partial charge in [0.25, 0.3) is 0 Å². The predicted molar refractivity (Wildman–Crippen MR) is 97.5 cm³/mol. The summed E-state index contributed by atoms with van der Waals surface area (Å²) in [5.74, 6) is 5.56. The van der Waals surface area contributed by atoms with Crippen molar-refractivity contribution in [2.75, 3.05) is 31.9 Å². The van der Waals surface area contributed by atoms with Gasteiger partial charge in [0.15, 0.2) is 5.96 Å². The highest BCUT2D eigenvalue weighted by atomic mass is 127. The van der Waals surface area contributed by atoms with Crippen molar-refractivity contribution in [1.29, 1.82) is 0 Å². The zero-order valence-corrected chi connectivity index (χ0v) is 15.3. The Morgan fingerprint density at radius 1 is 1.58 bits per heavy atom. The van der Waals surface area contributed by atoms with Gasteiger partial charge in [0, 0.05) is 37.1 Å². The van der Waals surface area contributed by atoms with E-state index in [1.807, 2.05) is 0 Å². The van der Waals surface area contributed by atoms with Crippen molar-refractivity contribution in [3.05, 3.63) is 0 Å². The first-order chi connectivity index (χ1) is 8.69. The van der Waals surface area contributed by atoms with Crippen molar-refractivity contribution in [3.8, 4) is 12.3 Å². The van der Waals surface area contributed by atoms with Crippen molar-refractivity contribution in [3.63, 3.8) is 0 Å². The third kappa shape index (κ3) is 6.75. The summed E-state index contributed by atoms with van der Waals surface area (Å²) in [5, 5.41) is 4.07. The standard InChI is InChI=1S/C14H25N3S.HI/c1-5-7-8-16-14(15-6-2)17-9-10-18-13(11-17)12(3)4;/h1,12-13H,6-11H2,2-4H3,(H,15,16);1H. The van der Waals surface area contributed by atoms with Crippen LogP contribution in [0.3, 0.4) is 0 Å². The van der Waals surface area contributed by atoms with E-state index >= 15 is 0 Å². The second kappa shape index (κ2) is 10.7. The van der Waals surface area contributed by atoms with Crippen LogP contribution in [0.25, 0.3) is 0 Å². The minimum Gasteiger partial charge on any atom is -0.357 e. The molecule has 1 saturated heterocycles. The average molecular weight is 395 g/mol. The first kappa shape index (κ1) is 18.9. The third-order valence-electron chi connectivity index (χ3n) is 2.99. The van der Waals surface area contributed by atoms with Crippen LogP contribution in [-0.4, -0.2) is 48.0 Å². The van der Waals surface area contributed by atoms with E-state index in [9.17, 15) is 0 Å². The Balaban J connectivity index is 0.00000324. The molecule has 0 bridgehead atoms. The zero-order chi connectivity index (χ0) is 13.4. The Bertz CT molecular complexity index is 312. The van der Waals surface area contributed by atoms with E-state index in [2.05, 4.69) is 53.7 Å². The molecule has 0 aromatic rings. The van der Waals surface area contributed by atoms with Crippen LogP contribution in [0.2, 0.25) is 0 Å².